The second-order valence-electron chi connectivity index (χ2n) is 6.93. The number of ether oxygens (including phenoxy) is 2. The van der Waals surface area contributed by atoms with Crippen molar-refractivity contribution in [3.63, 3.8) is 0 Å². The van der Waals surface area contributed by atoms with Gasteiger partial charge in [0.15, 0.2) is 5.96 Å². The van der Waals surface area contributed by atoms with Gasteiger partial charge in [-0.25, -0.2) is 4.39 Å². The van der Waals surface area contributed by atoms with Crippen molar-refractivity contribution in [3.05, 3.63) is 65.6 Å². The van der Waals surface area contributed by atoms with E-state index in [1.165, 1.54) is 6.07 Å². The Labute approximate surface area is 199 Å². The fraction of sp³-hybridized carbons (Fsp3) is 0.348. The van der Waals surface area contributed by atoms with Crippen molar-refractivity contribution >= 4 is 40.8 Å². The van der Waals surface area contributed by atoms with Gasteiger partial charge in [0.25, 0.3) is 0 Å². The van der Waals surface area contributed by atoms with Gasteiger partial charge >= 0.3 is 0 Å². The minimum atomic E-state index is -0.219. The summed E-state index contributed by atoms with van der Waals surface area (Å²) in [5.41, 5.74) is 3.15. The number of aromatic nitrogens is 1. The molecule has 0 spiro atoms. The van der Waals surface area contributed by atoms with Crippen LogP contribution in [-0.2, 0) is 17.8 Å². The van der Waals surface area contributed by atoms with Gasteiger partial charge in [-0.1, -0.05) is 12.1 Å². The smallest absolute Gasteiger partial charge is 0.190 e. The molecule has 168 valence electrons. The summed E-state index contributed by atoms with van der Waals surface area (Å²) in [6.07, 6.45) is 3.58. The van der Waals surface area contributed by atoms with E-state index in [4.69, 9.17) is 9.47 Å². The van der Waals surface area contributed by atoms with Crippen molar-refractivity contribution in [1.82, 2.24) is 15.6 Å². The van der Waals surface area contributed by atoms with Crippen molar-refractivity contribution < 1.29 is 13.9 Å². The Morgan fingerprint density at radius 1 is 1.10 bits per heavy atom. The molecule has 6 nitrogen and oxygen atoms in total. The maximum absolute atomic E-state index is 13.5. The van der Waals surface area contributed by atoms with E-state index in [1.807, 2.05) is 30.5 Å². The summed E-state index contributed by atoms with van der Waals surface area (Å²) >= 11 is 0. The number of benzene rings is 2. The molecule has 0 bridgehead atoms. The number of rotatable bonds is 10. The molecule has 0 radical (unpaired) electrons. The third kappa shape index (κ3) is 7.70. The zero-order valence-electron chi connectivity index (χ0n) is 17.9. The summed E-state index contributed by atoms with van der Waals surface area (Å²) in [4.78, 5) is 7.42. The number of fused-ring (bicyclic) bond motifs is 1. The van der Waals surface area contributed by atoms with Crippen LogP contribution in [-0.4, -0.2) is 44.8 Å². The number of aliphatic imine (C=N–C) groups is 1. The van der Waals surface area contributed by atoms with Crippen LogP contribution in [0.5, 0.6) is 5.75 Å². The van der Waals surface area contributed by atoms with Crippen LogP contribution in [0.3, 0.4) is 0 Å². The second kappa shape index (κ2) is 13.2. The van der Waals surface area contributed by atoms with Crippen LogP contribution >= 0.6 is 24.0 Å². The van der Waals surface area contributed by atoms with Gasteiger partial charge in [0.1, 0.15) is 11.6 Å². The highest BCUT2D eigenvalue weighted by molar-refractivity contribution is 14.0. The molecule has 3 N–H and O–H groups in total. The third-order valence-corrected chi connectivity index (χ3v) is 4.83. The summed E-state index contributed by atoms with van der Waals surface area (Å²) in [7, 11) is 3.40. The Morgan fingerprint density at radius 3 is 2.61 bits per heavy atom. The van der Waals surface area contributed by atoms with Crippen molar-refractivity contribution in [1.29, 1.82) is 0 Å². The highest BCUT2D eigenvalue weighted by Crippen LogP contribution is 2.19. The molecule has 0 aliphatic carbocycles. The van der Waals surface area contributed by atoms with E-state index in [2.05, 4.69) is 20.6 Å². The number of H-pyrrole nitrogens is 1. The third-order valence-electron chi connectivity index (χ3n) is 4.83. The minimum absolute atomic E-state index is 0. The van der Waals surface area contributed by atoms with Crippen LogP contribution in [0.4, 0.5) is 4.39 Å². The maximum atomic E-state index is 13.5. The molecule has 1 aromatic heterocycles. The lowest BCUT2D eigenvalue weighted by Crippen LogP contribution is -2.39. The number of guanidine groups is 1. The maximum Gasteiger partial charge on any atom is 0.190 e. The van der Waals surface area contributed by atoms with E-state index >= 15 is 0 Å². The van der Waals surface area contributed by atoms with E-state index in [9.17, 15) is 4.39 Å². The Kier molecular flexibility index (Phi) is 10.6. The molecule has 3 aromatic rings. The molecular formula is C23H30FIN4O2. The SMILES string of the molecule is CN=C(NCCCOCc1ccc(OC)cc1)NCCc1c[nH]c2ccc(F)cc12.I. The van der Waals surface area contributed by atoms with E-state index in [-0.39, 0.29) is 29.8 Å². The van der Waals surface area contributed by atoms with Gasteiger partial charge in [-0.05, 0) is 54.3 Å². The zero-order valence-corrected chi connectivity index (χ0v) is 20.2. The molecule has 0 saturated carbocycles. The van der Waals surface area contributed by atoms with E-state index in [1.54, 1.807) is 26.3 Å². The van der Waals surface area contributed by atoms with Crippen LogP contribution in [0.2, 0.25) is 0 Å². The molecule has 8 heteroatoms. The average Bonchev–Trinajstić information content (AvgIpc) is 3.17. The number of nitrogens with one attached hydrogen (secondary N) is 3. The molecular weight excluding hydrogens is 510 g/mol. The molecule has 0 fully saturated rings. The van der Waals surface area contributed by atoms with Crippen LogP contribution in [0.1, 0.15) is 17.5 Å². The predicted molar refractivity (Wildman–Crippen MR) is 134 cm³/mol. The molecule has 2 aromatic carbocycles. The Hall–Kier alpha value is -2.33. The number of methoxy groups -OCH3 is 1. The van der Waals surface area contributed by atoms with E-state index in [0.717, 1.165) is 53.1 Å². The van der Waals surface area contributed by atoms with Crippen LogP contribution in [0.25, 0.3) is 10.9 Å². The van der Waals surface area contributed by atoms with Gasteiger partial charge in [-0.2, -0.15) is 0 Å². The standard InChI is InChI=1S/C23H29FN4O2.HI/c1-25-23(26-11-3-13-30-16-17-4-7-20(29-2)8-5-17)27-12-10-18-15-28-22-9-6-19(24)14-21(18)22;/h4-9,14-15,28H,3,10-13,16H2,1-2H3,(H2,25,26,27);1H. The Morgan fingerprint density at radius 2 is 1.87 bits per heavy atom. The number of hydrogen-bond acceptors (Lipinski definition) is 3. The van der Waals surface area contributed by atoms with Gasteiger partial charge in [-0.3, -0.25) is 4.99 Å². The lowest BCUT2D eigenvalue weighted by molar-refractivity contribution is 0.119. The van der Waals surface area contributed by atoms with Crippen LogP contribution in [0, 0.1) is 5.82 Å². The van der Waals surface area contributed by atoms with Crippen molar-refractivity contribution in [2.24, 2.45) is 4.99 Å². The van der Waals surface area contributed by atoms with Gasteiger partial charge in [0.05, 0.1) is 13.7 Å². The zero-order chi connectivity index (χ0) is 21.2. The predicted octanol–water partition coefficient (Wildman–Crippen LogP) is 4.25. The number of aromatic amines is 1. The molecule has 0 aliphatic rings. The first-order valence-electron chi connectivity index (χ1n) is 10.1. The summed E-state index contributed by atoms with van der Waals surface area (Å²) < 4.78 is 24.3. The molecule has 0 unspecified atom stereocenters. The van der Waals surface area contributed by atoms with Gasteiger partial charge in [0, 0.05) is 43.8 Å². The van der Waals surface area contributed by atoms with Crippen molar-refractivity contribution in [2.75, 3.05) is 33.9 Å². The quantitative estimate of drug-likeness (QED) is 0.156. The molecule has 0 atom stereocenters. The van der Waals surface area contributed by atoms with Gasteiger partial charge in [0.2, 0.25) is 0 Å². The molecule has 31 heavy (non-hydrogen) atoms. The molecule has 0 aliphatic heterocycles. The number of nitrogens with zero attached hydrogens (tertiary/aromatic N) is 1. The second-order valence-corrected chi connectivity index (χ2v) is 6.93. The molecule has 0 amide bonds. The topological polar surface area (TPSA) is 70.7 Å². The fourth-order valence-corrected chi connectivity index (χ4v) is 3.19. The van der Waals surface area contributed by atoms with E-state index < -0.39 is 0 Å². The Bertz CT molecular complexity index is 960. The fourth-order valence-electron chi connectivity index (χ4n) is 3.19. The summed E-state index contributed by atoms with van der Waals surface area (Å²) in [6, 6.07) is 12.7. The van der Waals surface area contributed by atoms with Gasteiger partial charge < -0.3 is 25.1 Å². The normalized spacial score (nSPS) is 11.3. The van der Waals surface area contributed by atoms with Crippen molar-refractivity contribution in [2.45, 2.75) is 19.4 Å². The number of halogens is 2. The Balaban J connectivity index is 0.00000341. The first-order chi connectivity index (χ1) is 14.7. The minimum Gasteiger partial charge on any atom is -0.497 e. The van der Waals surface area contributed by atoms with Gasteiger partial charge in [-0.15, -0.1) is 24.0 Å². The first-order valence-corrected chi connectivity index (χ1v) is 10.1. The highest BCUT2D eigenvalue weighted by Gasteiger charge is 2.05. The monoisotopic (exact) mass is 540 g/mol. The molecule has 1 heterocycles. The lowest BCUT2D eigenvalue weighted by Gasteiger charge is -2.12. The first kappa shape index (κ1) is 24.9. The van der Waals surface area contributed by atoms with E-state index in [0.29, 0.717) is 19.8 Å². The van der Waals surface area contributed by atoms with Crippen LogP contribution < -0.4 is 15.4 Å². The van der Waals surface area contributed by atoms with Crippen LogP contribution in [0.15, 0.2) is 53.7 Å². The average molecular weight is 540 g/mol. The summed E-state index contributed by atoms with van der Waals surface area (Å²) in [5.74, 6) is 1.37. The largest absolute Gasteiger partial charge is 0.497 e. The lowest BCUT2D eigenvalue weighted by atomic mass is 10.1. The highest BCUT2D eigenvalue weighted by atomic mass is 127. The molecule has 0 saturated heterocycles. The molecule has 3 rings (SSSR count). The number of hydrogen-bond donors (Lipinski definition) is 3. The summed E-state index contributed by atoms with van der Waals surface area (Å²) in [6.45, 7) is 2.72. The summed E-state index contributed by atoms with van der Waals surface area (Å²) in [5, 5.41) is 7.50. The van der Waals surface area contributed by atoms with Crippen molar-refractivity contribution in [3.8, 4) is 5.75 Å².